The summed E-state index contributed by atoms with van der Waals surface area (Å²) in [6.07, 6.45) is 6.77. The summed E-state index contributed by atoms with van der Waals surface area (Å²) >= 11 is 0. The topological polar surface area (TPSA) is 90.9 Å². The number of anilines is 1. The summed E-state index contributed by atoms with van der Waals surface area (Å²) in [7, 11) is 0. The first-order valence-electron chi connectivity index (χ1n) is 7.55. The van der Waals surface area contributed by atoms with Crippen LogP contribution in [0.15, 0.2) is 30.7 Å². The zero-order chi connectivity index (χ0) is 15.5. The number of H-pyrrole nitrogens is 1. The fourth-order valence-corrected chi connectivity index (χ4v) is 3.15. The average molecular weight is 300 g/mol. The van der Waals surface area contributed by atoms with Crippen molar-refractivity contribution in [3.05, 3.63) is 42.0 Å². The van der Waals surface area contributed by atoms with Gasteiger partial charge in [0.25, 0.3) is 0 Å². The Labute approximate surface area is 129 Å². The number of rotatable bonds is 5. The van der Waals surface area contributed by atoms with Crippen molar-refractivity contribution in [2.45, 2.75) is 25.8 Å². The van der Waals surface area contributed by atoms with Crippen LogP contribution in [0, 0.1) is 11.8 Å². The molecule has 116 valence electrons. The Hall–Kier alpha value is -2.21. The molecule has 1 fully saturated rings. The largest absolute Gasteiger partial charge is 0.396 e. The van der Waals surface area contributed by atoms with Crippen molar-refractivity contribution in [3.8, 4) is 0 Å². The molecule has 22 heavy (non-hydrogen) atoms. The molecule has 3 N–H and O–H groups in total. The van der Waals surface area contributed by atoms with E-state index in [9.17, 15) is 9.90 Å². The van der Waals surface area contributed by atoms with Crippen LogP contribution in [-0.4, -0.2) is 38.7 Å². The van der Waals surface area contributed by atoms with Crippen LogP contribution in [0.25, 0.3) is 0 Å². The van der Waals surface area contributed by atoms with Crippen molar-refractivity contribution in [2.24, 2.45) is 11.8 Å². The fraction of sp³-hybridized carbons (Fsp3) is 0.438. The first-order chi connectivity index (χ1) is 10.7. The maximum Gasteiger partial charge on any atom is 0.216 e. The quantitative estimate of drug-likeness (QED) is 0.733. The highest BCUT2D eigenvalue weighted by atomic mass is 16.3. The van der Waals surface area contributed by atoms with Gasteiger partial charge >= 0.3 is 0 Å². The molecule has 0 spiro atoms. The number of hydrogen-bond donors (Lipinski definition) is 3. The summed E-state index contributed by atoms with van der Waals surface area (Å²) in [6, 6.07) is 3.73. The lowest BCUT2D eigenvalue weighted by Gasteiger charge is -2.16. The Kier molecular flexibility index (Phi) is 4.20. The standard InChI is InChI=1S/C16H20N4O2/c1-10-6-12(7-11(10)9-21)19-14-2-4-17-8-13(14)16(22)15-3-5-18-20-15/h2-5,8,10-12,21H,6-7,9H2,1H3,(H,17,19)(H,18,20)/t10-,11+,12-/m0/s1. The third-order valence-electron chi connectivity index (χ3n) is 4.44. The zero-order valence-electron chi connectivity index (χ0n) is 12.5. The minimum atomic E-state index is -0.151. The number of aliphatic hydroxyl groups is 1. The molecule has 0 aliphatic heterocycles. The van der Waals surface area contributed by atoms with Crippen LogP contribution in [0.5, 0.6) is 0 Å². The van der Waals surface area contributed by atoms with Gasteiger partial charge in [-0.3, -0.25) is 14.9 Å². The van der Waals surface area contributed by atoms with Gasteiger partial charge in [0.05, 0.1) is 5.56 Å². The summed E-state index contributed by atoms with van der Waals surface area (Å²) < 4.78 is 0. The Morgan fingerprint density at radius 2 is 2.32 bits per heavy atom. The number of aliphatic hydroxyl groups excluding tert-OH is 1. The van der Waals surface area contributed by atoms with Crippen molar-refractivity contribution in [2.75, 3.05) is 11.9 Å². The molecule has 3 atom stereocenters. The summed E-state index contributed by atoms with van der Waals surface area (Å²) in [4.78, 5) is 16.5. The summed E-state index contributed by atoms with van der Waals surface area (Å²) in [5, 5.41) is 19.4. The number of carbonyl (C=O) groups is 1. The number of pyridine rings is 1. The molecule has 6 heteroatoms. The number of nitrogens with zero attached hydrogens (tertiary/aromatic N) is 2. The third kappa shape index (κ3) is 2.87. The SMILES string of the molecule is C[C@H]1C[C@H](Nc2ccncc2C(=O)c2cc[nH]n2)C[C@@H]1CO. The number of ketones is 1. The molecule has 1 saturated carbocycles. The third-order valence-corrected chi connectivity index (χ3v) is 4.44. The molecule has 0 saturated heterocycles. The zero-order valence-corrected chi connectivity index (χ0v) is 12.5. The molecule has 6 nitrogen and oxygen atoms in total. The van der Waals surface area contributed by atoms with Gasteiger partial charge in [-0.05, 0) is 36.8 Å². The van der Waals surface area contributed by atoms with E-state index in [1.807, 2.05) is 6.07 Å². The van der Waals surface area contributed by atoms with Gasteiger partial charge in [-0.15, -0.1) is 0 Å². The minimum Gasteiger partial charge on any atom is -0.396 e. The summed E-state index contributed by atoms with van der Waals surface area (Å²) in [5.74, 6) is 0.654. The second kappa shape index (κ2) is 6.27. The van der Waals surface area contributed by atoms with Gasteiger partial charge in [0, 0.05) is 36.9 Å². The smallest absolute Gasteiger partial charge is 0.216 e. The van der Waals surface area contributed by atoms with E-state index in [1.165, 1.54) is 0 Å². The highest BCUT2D eigenvalue weighted by Gasteiger charge is 2.31. The summed E-state index contributed by atoms with van der Waals surface area (Å²) in [6.45, 7) is 2.37. The van der Waals surface area contributed by atoms with Gasteiger partial charge in [-0.25, -0.2) is 0 Å². The molecule has 1 aliphatic rings. The van der Waals surface area contributed by atoms with E-state index in [0.717, 1.165) is 18.5 Å². The molecular formula is C16H20N4O2. The first kappa shape index (κ1) is 14.7. The monoisotopic (exact) mass is 300 g/mol. The average Bonchev–Trinajstić information content (AvgIpc) is 3.17. The molecule has 3 rings (SSSR count). The lowest BCUT2D eigenvalue weighted by atomic mass is 10.00. The highest BCUT2D eigenvalue weighted by molar-refractivity contribution is 6.10. The molecule has 0 bridgehead atoms. The van der Waals surface area contributed by atoms with Crippen molar-refractivity contribution in [1.82, 2.24) is 15.2 Å². The van der Waals surface area contributed by atoms with E-state index in [0.29, 0.717) is 23.1 Å². The molecule has 0 unspecified atom stereocenters. The normalized spacial score (nSPS) is 24.4. The number of aromatic nitrogens is 3. The molecule has 2 heterocycles. The van der Waals surface area contributed by atoms with Crippen LogP contribution >= 0.6 is 0 Å². The van der Waals surface area contributed by atoms with Crippen LogP contribution in [0.3, 0.4) is 0 Å². The van der Waals surface area contributed by atoms with E-state index in [4.69, 9.17) is 0 Å². The van der Waals surface area contributed by atoms with Crippen molar-refractivity contribution < 1.29 is 9.90 Å². The molecule has 2 aromatic heterocycles. The van der Waals surface area contributed by atoms with Crippen LogP contribution in [-0.2, 0) is 0 Å². The van der Waals surface area contributed by atoms with Crippen LogP contribution < -0.4 is 5.32 Å². The van der Waals surface area contributed by atoms with Crippen LogP contribution in [0.1, 0.15) is 35.8 Å². The second-order valence-corrected chi connectivity index (χ2v) is 5.94. The molecule has 0 amide bonds. The number of nitrogens with one attached hydrogen (secondary N) is 2. The number of hydrogen-bond acceptors (Lipinski definition) is 5. The van der Waals surface area contributed by atoms with Crippen LogP contribution in [0.4, 0.5) is 5.69 Å². The van der Waals surface area contributed by atoms with E-state index in [1.54, 1.807) is 24.7 Å². The first-order valence-corrected chi connectivity index (χ1v) is 7.55. The van der Waals surface area contributed by atoms with E-state index in [-0.39, 0.29) is 18.4 Å². The van der Waals surface area contributed by atoms with Crippen molar-refractivity contribution in [3.63, 3.8) is 0 Å². The molecule has 0 radical (unpaired) electrons. The lowest BCUT2D eigenvalue weighted by Crippen LogP contribution is -2.19. The van der Waals surface area contributed by atoms with E-state index < -0.39 is 0 Å². The van der Waals surface area contributed by atoms with Gasteiger partial charge in [0.15, 0.2) is 0 Å². The van der Waals surface area contributed by atoms with Crippen molar-refractivity contribution >= 4 is 11.5 Å². The molecule has 2 aromatic rings. The molecule has 1 aliphatic carbocycles. The maximum absolute atomic E-state index is 12.5. The lowest BCUT2D eigenvalue weighted by molar-refractivity contribution is 0.103. The van der Waals surface area contributed by atoms with Gasteiger partial charge < -0.3 is 10.4 Å². The van der Waals surface area contributed by atoms with E-state index in [2.05, 4.69) is 27.4 Å². The Morgan fingerprint density at radius 3 is 3.00 bits per heavy atom. The molecular weight excluding hydrogens is 280 g/mol. The molecule has 0 aromatic carbocycles. The van der Waals surface area contributed by atoms with Gasteiger partial charge in [0.2, 0.25) is 5.78 Å². The Balaban J connectivity index is 1.79. The minimum absolute atomic E-state index is 0.151. The predicted octanol–water partition coefficient (Wildman–Crippen LogP) is 1.85. The Morgan fingerprint density at radius 1 is 1.45 bits per heavy atom. The van der Waals surface area contributed by atoms with Crippen molar-refractivity contribution in [1.29, 1.82) is 0 Å². The number of aromatic amines is 1. The number of carbonyl (C=O) groups excluding carboxylic acids is 1. The van der Waals surface area contributed by atoms with E-state index >= 15 is 0 Å². The predicted molar refractivity (Wildman–Crippen MR) is 82.6 cm³/mol. The van der Waals surface area contributed by atoms with Gasteiger partial charge in [-0.2, -0.15) is 5.10 Å². The maximum atomic E-state index is 12.5. The summed E-state index contributed by atoms with van der Waals surface area (Å²) in [5.41, 5.74) is 1.68. The van der Waals surface area contributed by atoms with Crippen LogP contribution in [0.2, 0.25) is 0 Å². The fourth-order valence-electron chi connectivity index (χ4n) is 3.15. The Bertz CT molecular complexity index is 641. The van der Waals surface area contributed by atoms with Gasteiger partial charge in [-0.1, -0.05) is 6.92 Å². The second-order valence-electron chi connectivity index (χ2n) is 5.94. The van der Waals surface area contributed by atoms with Gasteiger partial charge in [0.1, 0.15) is 5.69 Å². The highest BCUT2D eigenvalue weighted by Crippen LogP contribution is 2.33.